The van der Waals surface area contributed by atoms with Crippen molar-refractivity contribution in [2.24, 2.45) is 0 Å². The first-order valence-corrected chi connectivity index (χ1v) is 11.0. The van der Waals surface area contributed by atoms with Crippen molar-refractivity contribution in [3.8, 4) is 0 Å². The van der Waals surface area contributed by atoms with Crippen molar-refractivity contribution in [2.45, 2.75) is 64.8 Å². The van der Waals surface area contributed by atoms with Gasteiger partial charge in [0.15, 0.2) is 6.23 Å². The van der Waals surface area contributed by atoms with Crippen molar-refractivity contribution >= 4 is 5.97 Å². The average Bonchev–Trinajstić information content (AvgIpc) is 3.14. The van der Waals surface area contributed by atoms with Crippen LogP contribution >= 0.6 is 0 Å². The van der Waals surface area contributed by atoms with Crippen LogP contribution in [0.5, 0.6) is 0 Å². The molecule has 2 aromatic rings. The first-order chi connectivity index (χ1) is 16.2. The molecule has 0 radical (unpaired) electrons. The van der Waals surface area contributed by atoms with Gasteiger partial charge in [-0.1, -0.05) is 30.3 Å². The van der Waals surface area contributed by atoms with E-state index in [4.69, 9.17) is 18.9 Å². The Morgan fingerprint density at radius 2 is 1.94 bits per heavy atom. The second-order valence-corrected chi connectivity index (χ2v) is 8.00. The number of ether oxygens (including phenoxy) is 4. The highest BCUT2D eigenvalue weighted by Crippen LogP contribution is 2.32. The lowest BCUT2D eigenvalue weighted by Gasteiger charge is -2.23. The molecule has 1 saturated heterocycles. The van der Waals surface area contributed by atoms with E-state index in [2.05, 4.69) is 0 Å². The molecule has 3 rings (SSSR count). The largest absolute Gasteiger partial charge is 0.464 e. The predicted molar refractivity (Wildman–Crippen MR) is 119 cm³/mol. The van der Waals surface area contributed by atoms with Gasteiger partial charge in [-0.15, -0.1) is 0 Å². The van der Waals surface area contributed by atoms with Crippen LogP contribution in [0.25, 0.3) is 0 Å². The van der Waals surface area contributed by atoms with Gasteiger partial charge in [0.1, 0.15) is 31.6 Å². The van der Waals surface area contributed by atoms with Crippen LogP contribution in [-0.2, 0) is 37.1 Å². The Kier molecular flexibility index (Phi) is 8.75. The molecule has 1 aromatic carbocycles. The summed E-state index contributed by atoms with van der Waals surface area (Å²) in [5.41, 5.74) is -0.190. The van der Waals surface area contributed by atoms with Crippen LogP contribution in [0.2, 0.25) is 0 Å². The quantitative estimate of drug-likeness (QED) is 0.455. The molecule has 5 atom stereocenters. The number of hydrogen-bond acceptors (Lipinski definition) is 9. The molecule has 11 heteroatoms. The monoisotopic (exact) mass is 478 g/mol. The molecule has 1 aromatic heterocycles. The number of nitrogens with zero attached hydrogens (tertiary/aromatic N) is 2. The van der Waals surface area contributed by atoms with Crippen LogP contribution in [0.3, 0.4) is 0 Å². The van der Waals surface area contributed by atoms with E-state index in [9.17, 15) is 24.6 Å². The number of carbonyl (C=O) groups excluding carboxylic acids is 1. The van der Waals surface area contributed by atoms with E-state index in [-0.39, 0.29) is 25.5 Å². The number of aliphatic hydroxyl groups is 2. The third kappa shape index (κ3) is 5.80. The molecule has 11 nitrogen and oxygen atoms in total. The highest BCUT2D eigenvalue weighted by atomic mass is 16.6. The van der Waals surface area contributed by atoms with E-state index < -0.39 is 54.5 Å². The number of aliphatic hydroxyl groups excluding tert-OH is 2. The molecule has 2 N–H and O–H groups in total. The van der Waals surface area contributed by atoms with Gasteiger partial charge in [-0.3, -0.25) is 9.36 Å². The van der Waals surface area contributed by atoms with E-state index >= 15 is 0 Å². The summed E-state index contributed by atoms with van der Waals surface area (Å²) in [6.07, 6.45) is -4.62. The summed E-state index contributed by atoms with van der Waals surface area (Å²) in [5, 5.41) is 20.7. The Hall–Kier alpha value is -2.83. The number of esters is 1. The predicted octanol–water partition coefficient (Wildman–Crippen LogP) is 0.0801. The molecule has 0 aliphatic carbocycles. The van der Waals surface area contributed by atoms with Crippen molar-refractivity contribution in [2.75, 3.05) is 13.2 Å². The lowest BCUT2D eigenvalue weighted by atomic mass is 10.1. The zero-order valence-electron chi connectivity index (χ0n) is 19.3. The first-order valence-electron chi connectivity index (χ1n) is 11.0. The zero-order valence-corrected chi connectivity index (χ0v) is 19.3. The van der Waals surface area contributed by atoms with E-state index in [0.717, 1.165) is 14.7 Å². The molecule has 0 spiro atoms. The first kappa shape index (κ1) is 25.8. The fraction of sp³-hybridized carbons (Fsp3) is 0.522. The smallest absolute Gasteiger partial charge is 0.335 e. The average molecular weight is 478 g/mol. The van der Waals surface area contributed by atoms with Crippen LogP contribution in [0.4, 0.5) is 0 Å². The second kappa shape index (κ2) is 11.5. The Labute approximate surface area is 196 Å². The third-order valence-electron chi connectivity index (χ3n) is 5.40. The maximum atomic E-state index is 13.2. The lowest BCUT2D eigenvalue weighted by Crippen LogP contribution is -2.45. The van der Waals surface area contributed by atoms with Gasteiger partial charge in [0.25, 0.3) is 5.56 Å². The van der Waals surface area contributed by atoms with Gasteiger partial charge in [-0.05, 0) is 26.3 Å². The van der Waals surface area contributed by atoms with Crippen molar-refractivity contribution in [3.63, 3.8) is 0 Å². The summed E-state index contributed by atoms with van der Waals surface area (Å²) in [4.78, 5) is 37.6. The lowest BCUT2D eigenvalue weighted by molar-refractivity contribution is -0.155. The van der Waals surface area contributed by atoms with E-state index in [1.807, 2.05) is 30.3 Å². The summed E-state index contributed by atoms with van der Waals surface area (Å²) in [6.45, 7) is 4.13. The van der Waals surface area contributed by atoms with Gasteiger partial charge in [0.2, 0.25) is 0 Å². The Morgan fingerprint density at radius 3 is 2.59 bits per heavy atom. The van der Waals surface area contributed by atoms with Crippen LogP contribution in [-0.4, -0.2) is 62.9 Å². The number of benzene rings is 1. The highest BCUT2D eigenvalue weighted by molar-refractivity contribution is 5.70. The van der Waals surface area contributed by atoms with Crippen LogP contribution in [0, 0.1) is 6.92 Å². The van der Waals surface area contributed by atoms with Gasteiger partial charge in [0, 0.05) is 11.8 Å². The molecule has 0 saturated carbocycles. The maximum absolute atomic E-state index is 13.2. The summed E-state index contributed by atoms with van der Waals surface area (Å²) in [6, 6.07) is 9.27. The SMILES string of the molecule is CCOC(=O)CO[C@@H]1[C@H](O)[C@@H]([C@@H](C)O)O[C@H]1n1cc(C)c(=O)n(COCc2ccccc2)c1=O. The normalized spacial score (nSPS) is 23.1. The molecule has 2 heterocycles. The Balaban J connectivity index is 1.88. The standard InChI is InChI=1S/C23H30N2O9/c1-4-32-17(27)12-33-20-18(28)19(15(3)26)34-22(20)24-10-14(2)21(29)25(23(24)30)13-31-11-16-8-6-5-7-9-16/h5-10,15,18-20,22,26,28H,4,11-13H2,1-3H3/t15-,18-,19-,20-,22-/m1/s1. The van der Waals surface area contributed by atoms with Gasteiger partial charge in [0.05, 0.1) is 19.3 Å². The number of hydrogen-bond donors (Lipinski definition) is 2. The van der Waals surface area contributed by atoms with E-state index in [0.29, 0.717) is 0 Å². The summed E-state index contributed by atoms with van der Waals surface area (Å²) in [7, 11) is 0. The molecule has 1 aliphatic heterocycles. The Bertz CT molecular complexity index is 1080. The molecule has 186 valence electrons. The zero-order chi connectivity index (χ0) is 24.8. The minimum absolute atomic E-state index is 0.151. The van der Waals surface area contributed by atoms with E-state index in [1.165, 1.54) is 20.0 Å². The molecule has 1 fully saturated rings. The van der Waals surface area contributed by atoms with Crippen molar-refractivity contribution in [1.29, 1.82) is 0 Å². The van der Waals surface area contributed by atoms with Crippen LogP contribution in [0.1, 0.15) is 31.2 Å². The van der Waals surface area contributed by atoms with Crippen molar-refractivity contribution in [1.82, 2.24) is 9.13 Å². The number of aryl methyl sites for hydroxylation is 1. The van der Waals surface area contributed by atoms with Crippen molar-refractivity contribution in [3.05, 3.63) is 68.5 Å². The number of aromatic nitrogens is 2. The maximum Gasteiger partial charge on any atom is 0.335 e. The highest BCUT2D eigenvalue weighted by Gasteiger charge is 2.48. The van der Waals surface area contributed by atoms with Crippen molar-refractivity contribution < 1.29 is 34.0 Å². The summed E-state index contributed by atoms with van der Waals surface area (Å²) in [5.74, 6) is -0.656. The Morgan fingerprint density at radius 1 is 1.24 bits per heavy atom. The molecular weight excluding hydrogens is 448 g/mol. The minimum atomic E-state index is -1.35. The second-order valence-electron chi connectivity index (χ2n) is 8.00. The van der Waals surface area contributed by atoms with Gasteiger partial charge in [-0.2, -0.15) is 0 Å². The van der Waals surface area contributed by atoms with E-state index in [1.54, 1.807) is 6.92 Å². The molecule has 0 bridgehead atoms. The molecule has 0 amide bonds. The molecule has 0 unspecified atom stereocenters. The number of carbonyl (C=O) groups is 1. The van der Waals surface area contributed by atoms with Gasteiger partial charge in [-0.25, -0.2) is 14.2 Å². The summed E-state index contributed by atoms with van der Waals surface area (Å²) >= 11 is 0. The van der Waals surface area contributed by atoms with Gasteiger partial charge < -0.3 is 29.2 Å². The fourth-order valence-corrected chi connectivity index (χ4v) is 3.73. The summed E-state index contributed by atoms with van der Waals surface area (Å²) < 4.78 is 23.7. The molecule has 34 heavy (non-hydrogen) atoms. The van der Waals surface area contributed by atoms with Gasteiger partial charge >= 0.3 is 11.7 Å². The third-order valence-corrected chi connectivity index (χ3v) is 5.40. The number of rotatable bonds is 10. The van der Waals surface area contributed by atoms with Crippen LogP contribution < -0.4 is 11.2 Å². The topological polar surface area (TPSA) is 138 Å². The fourth-order valence-electron chi connectivity index (χ4n) is 3.73. The minimum Gasteiger partial charge on any atom is -0.464 e. The molecular formula is C23H30N2O9. The van der Waals surface area contributed by atoms with Crippen LogP contribution in [0.15, 0.2) is 46.1 Å². The molecule has 1 aliphatic rings.